The van der Waals surface area contributed by atoms with Gasteiger partial charge in [0.05, 0.1) is 42.9 Å². The fourth-order valence-electron chi connectivity index (χ4n) is 8.23. The first-order valence-corrected chi connectivity index (χ1v) is 17.1. The van der Waals surface area contributed by atoms with Crippen LogP contribution < -0.4 is 10.6 Å². The summed E-state index contributed by atoms with van der Waals surface area (Å²) in [6, 6.07) is 4.66. The van der Waals surface area contributed by atoms with Gasteiger partial charge in [0, 0.05) is 63.1 Å². The molecule has 6 fully saturated rings. The monoisotopic (exact) mass is 652 g/mol. The Bertz CT molecular complexity index is 1440. The number of nitrogens with zero attached hydrogens (tertiary/aromatic N) is 6. The van der Waals surface area contributed by atoms with Gasteiger partial charge in [0.25, 0.3) is 0 Å². The zero-order valence-electron chi connectivity index (χ0n) is 26.8. The van der Waals surface area contributed by atoms with Gasteiger partial charge >= 0.3 is 0 Å². The Balaban J connectivity index is 1.12. The molecule has 47 heavy (non-hydrogen) atoms. The Hall–Kier alpha value is -3.46. The third-order valence-corrected chi connectivity index (χ3v) is 10.9. The van der Waals surface area contributed by atoms with E-state index in [0.29, 0.717) is 57.9 Å². The maximum Gasteiger partial charge on any atom is 0.240 e. The van der Waals surface area contributed by atoms with E-state index in [4.69, 9.17) is 4.74 Å². The Morgan fingerprint density at radius 1 is 0.894 bits per heavy atom. The van der Waals surface area contributed by atoms with E-state index in [0.717, 1.165) is 31.2 Å². The van der Waals surface area contributed by atoms with Crippen LogP contribution in [0.4, 0.5) is 4.39 Å². The van der Waals surface area contributed by atoms with Crippen molar-refractivity contribution in [1.82, 2.24) is 40.3 Å². The van der Waals surface area contributed by atoms with Gasteiger partial charge in [0.1, 0.15) is 11.5 Å². The van der Waals surface area contributed by atoms with Crippen molar-refractivity contribution in [2.75, 3.05) is 39.4 Å². The van der Waals surface area contributed by atoms with Crippen LogP contribution in [0.1, 0.15) is 57.9 Å². The molecule has 1 aromatic carbocycles. The molecule has 14 heteroatoms. The van der Waals surface area contributed by atoms with E-state index < -0.39 is 18.2 Å². The second-order valence-electron chi connectivity index (χ2n) is 13.9. The average molecular weight is 653 g/mol. The summed E-state index contributed by atoms with van der Waals surface area (Å²) in [7, 11) is 0. The maximum atomic E-state index is 14.1. The fraction of sp³-hybridized carbons (Fsp3) is 0.667. The van der Waals surface area contributed by atoms with Crippen LogP contribution in [-0.4, -0.2) is 134 Å². The summed E-state index contributed by atoms with van der Waals surface area (Å²) in [5.74, 6) is -0.711. The Labute approximate surface area is 273 Å². The highest BCUT2D eigenvalue weighted by Crippen LogP contribution is 2.34. The number of aliphatic hydroxyl groups is 1. The van der Waals surface area contributed by atoms with Crippen molar-refractivity contribution in [3.63, 3.8) is 0 Å². The molecular formula is C33H45FN8O5. The Morgan fingerprint density at radius 2 is 1.60 bits per heavy atom. The van der Waals surface area contributed by atoms with Crippen LogP contribution in [0, 0.1) is 5.82 Å². The summed E-state index contributed by atoms with van der Waals surface area (Å²) >= 11 is 0. The molecule has 6 saturated heterocycles. The first-order chi connectivity index (χ1) is 22.7. The second kappa shape index (κ2) is 13.6. The van der Waals surface area contributed by atoms with Gasteiger partial charge in [-0.1, -0.05) is 5.21 Å². The van der Waals surface area contributed by atoms with Gasteiger partial charge in [-0.15, -0.1) is 5.10 Å². The predicted octanol–water partition coefficient (Wildman–Crippen LogP) is 0.698. The van der Waals surface area contributed by atoms with E-state index >= 15 is 0 Å². The summed E-state index contributed by atoms with van der Waals surface area (Å²) < 4.78 is 20.9. The number of nitrogens with one attached hydrogen (secondary N) is 2. The number of rotatable bonds is 3. The highest BCUT2D eigenvalue weighted by atomic mass is 19.1. The number of carbonyl (C=O) groups excluding carboxylic acids is 3. The van der Waals surface area contributed by atoms with E-state index in [1.807, 2.05) is 11.1 Å². The van der Waals surface area contributed by atoms with Crippen LogP contribution in [0.25, 0.3) is 11.3 Å². The van der Waals surface area contributed by atoms with E-state index in [1.165, 1.54) is 12.1 Å². The number of ether oxygens (including phenoxy) is 1. The Kier molecular flexibility index (Phi) is 9.27. The minimum absolute atomic E-state index is 0.0852. The summed E-state index contributed by atoms with van der Waals surface area (Å²) in [4.78, 5) is 47.5. The van der Waals surface area contributed by atoms with Gasteiger partial charge in [0.2, 0.25) is 17.7 Å². The SMILES string of the molecule is C[C@@H]1NC(=O)[C@@H]2C[C@H](n3cc(-c4ccc(F)cc4)nn3)CN2C2CCN(CC2)C(=O)[C@@H]2C[C@@H](CN2C2CCOCC2)NC(=O)C[C@@H]1O. The lowest BCUT2D eigenvalue weighted by Gasteiger charge is -2.41. The molecule has 6 aliphatic heterocycles. The molecule has 0 radical (unpaired) electrons. The van der Waals surface area contributed by atoms with E-state index in [-0.39, 0.29) is 60.2 Å². The van der Waals surface area contributed by atoms with Crippen molar-refractivity contribution in [3.05, 3.63) is 36.3 Å². The smallest absolute Gasteiger partial charge is 0.240 e. The third-order valence-electron chi connectivity index (χ3n) is 10.9. The maximum absolute atomic E-state index is 14.1. The third kappa shape index (κ3) is 6.78. The van der Waals surface area contributed by atoms with Crippen LogP contribution >= 0.6 is 0 Å². The number of aliphatic hydroxyl groups excluding tert-OH is 1. The topological polar surface area (TPSA) is 145 Å². The van der Waals surface area contributed by atoms with Gasteiger partial charge in [-0.2, -0.15) is 0 Å². The van der Waals surface area contributed by atoms with Crippen molar-refractivity contribution in [2.24, 2.45) is 0 Å². The number of amides is 3. The average Bonchev–Trinajstić information content (AvgIpc) is 3.84. The number of hydrogen-bond donors (Lipinski definition) is 3. The molecule has 8 rings (SSSR count). The van der Waals surface area contributed by atoms with Gasteiger partial charge in [-0.05, 0) is 69.7 Å². The molecule has 0 saturated carbocycles. The first kappa shape index (κ1) is 32.1. The minimum atomic E-state index is -1.07. The molecule has 0 unspecified atom stereocenters. The molecule has 2 aromatic rings. The number of halogens is 1. The van der Waals surface area contributed by atoms with Crippen molar-refractivity contribution in [3.8, 4) is 11.3 Å². The van der Waals surface area contributed by atoms with E-state index in [2.05, 4.69) is 30.7 Å². The lowest BCUT2D eigenvalue weighted by molar-refractivity contribution is -0.139. The van der Waals surface area contributed by atoms with E-state index in [1.54, 1.807) is 23.7 Å². The molecule has 7 heterocycles. The van der Waals surface area contributed by atoms with Gasteiger partial charge in [-0.3, -0.25) is 24.2 Å². The van der Waals surface area contributed by atoms with Gasteiger partial charge < -0.3 is 25.4 Å². The predicted molar refractivity (Wildman–Crippen MR) is 168 cm³/mol. The number of benzene rings is 1. The van der Waals surface area contributed by atoms with Crippen LogP contribution in [0.15, 0.2) is 30.5 Å². The number of hydrogen-bond acceptors (Lipinski definition) is 9. The molecule has 4 bridgehead atoms. The lowest BCUT2D eigenvalue weighted by Crippen LogP contribution is -2.56. The molecule has 0 aliphatic carbocycles. The molecule has 6 atom stereocenters. The zero-order valence-corrected chi connectivity index (χ0v) is 26.8. The zero-order chi connectivity index (χ0) is 32.7. The van der Waals surface area contributed by atoms with E-state index in [9.17, 15) is 23.9 Å². The molecule has 0 spiro atoms. The molecule has 6 aliphatic rings. The lowest BCUT2D eigenvalue weighted by atomic mass is 9.99. The standard InChI is InChI=1S/C33H45FN8O5/c1-20-30(43)16-31(44)36-23-14-29(40(17-23)25-8-12-47-13-9-25)33(46)39-10-6-24(7-11-39)41-18-26(15-28(41)32(45)35-20)42-19-27(37-38-42)21-2-4-22(34)5-3-21/h2-5,19-20,23-26,28-30,43H,6-18H2,1H3,(H,35,45)(H,36,44)/t20-,23-,26-,28-,29-,30-/m0/s1. The highest BCUT2D eigenvalue weighted by Gasteiger charge is 2.46. The first-order valence-electron chi connectivity index (χ1n) is 17.1. The Morgan fingerprint density at radius 3 is 2.34 bits per heavy atom. The summed E-state index contributed by atoms with van der Waals surface area (Å²) in [5.41, 5.74) is 1.37. The largest absolute Gasteiger partial charge is 0.390 e. The van der Waals surface area contributed by atoms with Crippen LogP contribution in [0.3, 0.4) is 0 Å². The summed E-state index contributed by atoms with van der Waals surface area (Å²) in [6.45, 7) is 5.42. The van der Waals surface area contributed by atoms with Gasteiger partial charge in [0.15, 0.2) is 0 Å². The molecule has 3 amide bonds. The van der Waals surface area contributed by atoms with Crippen molar-refractivity contribution >= 4 is 17.7 Å². The molecular weight excluding hydrogens is 607 g/mol. The molecule has 3 N–H and O–H groups in total. The van der Waals surface area contributed by atoms with Crippen LogP contribution in [-0.2, 0) is 19.1 Å². The molecule has 13 nitrogen and oxygen atoms in total. The number of likely N-dealkylation sites (tertiary alicyclic amines) is 1. The van der Waals surface area contributed by atoms with Crippen molar-refractivity contribution < 1.29 is 28.6 Å². The summed E-state index contributed by atoms with van der Waals surface area (Å²) in [5, 5.41) is 25.8. The number of piperidine rings is 1. The number of aromatic nitrogens is 3. The van der Waals surface area contributed by atoms with Gasteiger partial charge in [-0.25, -0.2) is 9.07 Å². The number of carbonyl (C=O) groups is 3. The second-order valence-corrected chi connectivity index (χ2v) is 13.9. The summed E-state index contributed by atoms with van der Waals surface area (Å²) in [6.07, 6.45) is 4.84. The normalized spacial score (nSPS) is 33.5. The highest BCUT2D eigenvalue weighted by molar-refractivity contribution is 5.84. The van der Waals surface area contributed by atoms with Crippen LogP contribution in [0.2, 0.25) is 0 Å². The van der Waals surface area contributed by atoms with Crippen molar-refractivity contribution in [2.45, 2.75) is 100 Å². The van der Waals surface area contributed by atoms with Crippen LogP contribution in [0.5, 0.6) is 0 Å². The van der Waals surface area contributed by atoms with Crippen molar-refractivity contribution in [1.29, 1.82) is 0 Å². The quantitative estimate of drug-likeness (QED) is 0.437. The number of fused-ring (bicyclic) bond motifs is 8. The molecule has 1 aromatic heterocycles. The minimum Gasteiger partial charge on any atom is -0.390 e. The fourth-order valence-corrected chi connectivity index (χ4v) is 8.23. The molecule has 254 valence electrons.